The number of unbranched alkanes of at least 4 members (excludes halogenated alkanes) is 1. The minimum atomic E-state index is 1.10. The third-order valence-corrected chi connectivity index (χ3v) is 3.71. The molecule has 1 aliphatic heterocycles. The fraction of sp³-hybridized carbons (Fsp3) is 0.625. The van der Waals surface area contributed by atoms with Crippen LogP contribution in [0.15, 0.2) is 30.3 Å². The number of hydrogen-bond acceptors (Lipinski definition) is 2. The Balaban J connectivity index is 1.42. The Hall–Kier alpha value is -0.860. The summed E-state index contributed by atoms with van der Waals surface area (Å²) in [6.07, 6.45) is 6.63. The fourth-order valence-corrected chi connectivity index (χ4v) is 2.59. The summed E-state index contributed by atoms with van der Waals surface area (Å²) in [5.41, 5.74) is 1.43. The molecule has 0 aromatic heterocycles. The summed E-state index contributed by atoms with van der Waals surface area (Å²) in [5.74, 6) is 0. The first-order chi connectivity index (χ1) is 8.95. The zero-order valence-corrected chi connectivity index (χ0v) is 11.4. The smallest absolute Gasteiger partial charge is 0.000835 e. The van der Waals surface area contributed by atoms with E-state index >= 15 is 0 Å². The molecule has 0 aliphatic carbocycles. The minimum Gasteiger partial charge on any atom is -0.316 e. The summed E-state index contributed by atoms with van der Waals surface area (Å²) in [5, 5.41) is 3.54. The summed E-state index contributed by atoms with van der Waals surface area (Å²) < 4.78 is 0. The molecule has 18 heavy (non-hydrogen) atoms. The molecule has 2 rings (SSSR count). The second-order valence-electron chi connectivity index (χ2n) is 5.24. The van der Waals surface area contributed by atoms with Crippen LogP contribution in [0.4, 0.5) is 0 Å². The molecule has 2 heteroatoms. The number of hydrogen-bond donors (Lipinski definition) is 1. The highest BCUT2D eigenvalue weighted by atomic mass is 15.1. The van der Waals surface area contributed by atoms with Crippen molar-refractivity contribution in [2.24, 2.45) is 0 Å². The Morgan fingerprint density at radius 1 is 0.944 bits per heavy atom. The van der Waals surface area contributed by atoms with Crippen LogP contribution < -0.4 is 5.32 Å². The van der Waals surface area contributed by atoms with Gasteiger partial charge in [-0.05, 0) is 70.4 Å². The summed E-state index contributed by atoms with van der Waals surface area (Å²) in [4.78, 5) is 2.60. The predicted octanol–water partition coefficient (Wildman–Crippen LogP) is 2.69. The Morgan fingerprint density at radius 3 is 2.50 bits per heavy atom. The largest absolute Gasteiger partial charge is 0.316 e. The van der Waals surface area contributed by atoms with E-state index < -0.39 is 0 Å². The zero-order chi connectivity index (χ0) is 12.5. The van der Waals surface area contributed by atoms with E-state index in [-0.39, 0.29) is 0 Å². The molecule has 0 radical (unpaired) electrons. The maximum Gasteiger partial charge on any atom is -0.000835 e. The van der Waals surface area contributed by atoms with E-state index in [4.69, 9.17) is 0 Å². The molecule has 0 amide bonds. The topological polar surface area (TPSA) is 15.3 Å². The van der Waals surface area contributed by atoms with Crippen LogP contribution in [-0.4, -0.2) is 37.6 Å². The van der Waals surface area contributed by atoms with Crippen LogP contribution in [0.5, 0.6) is 0 Å². The Kier molecular flexibility index (Phi) is 6.24. The molecule has 1 aromatic rings. The third-order valence-electron chi connectivity index (χ3n) is 3.71. The van der Waals surface area contributed by atoms with Gasteiger partial charge in [-0.25, -0.2) is 0 Å². The van der Waals surface area contributed by atoms with Gasteiger partial charge in [0.1, 0.15) is 0 Å². The molecule has 1 fully saturated rings. The predicted molar refractivity (Wildman–Crippen MR) is 77.9 cm³/mol. The molecule has 0 saturated carbocycles. The van der Waals surface area contributed by atoms with Crippen LogP contribution in [0.3, 0.4) is 0 Å². The lowest BCUT2D eigenvalue weighted by Gasteiger charge is -2.13. The average Bonchev–Trinajstić information content (AvgIpc) is 2.92. The summed E-state index contributed by atoms with van der Waals surface area (Å²) in [6.45, 7) is 6.25. The van der Waals surface area contributed by atoms with Crippen LogP contribution >= 0.6 is 0 Å². The molecule has 1 saturated heterocycles. The van der Waals surface area contributed by atoms with E-state index in [1.165, 1.54) is 57.4 Å². The van der Waals surface area contributed by atoms with Gasteiger partial charge in [-0.15, -0.1) is 0 Å². The van der Waals surface area contributed by atoms with Crippen molar-refractivity contribution in [1.82, 2.24) is 10.2 Å². The molecule has 1 aromatic carbocycles. The third kappa shape index (κ3) is 5.19. The van der Waals surface area contributed by atoms with Crippen molar-refractivity contribution in [2.75, 3.05) is 32.7 Å². The van der Waals surface area contributed by atoms with Crippen molar-refractivity contribution >= 4 is 0 Å². The lowest BCUT2D eigenvalue weighted by molar-refractivity contribution is 0.329. The molecule has 100 valence electrons. The molecular formula is C16H26N2. The molecule has 2 nitrogen and oxygen atoms in total. The SMILES string of the molecule is c1ccc(CCNCCCCN2CCCC2)cc1. The summed E-state index contributed by atoms with van der Waals surface area (Å²) in [6, 6.07) is 10.7. The van der Waals surface area contributed by atoms with Gasteiger partial charge in [-0.1, -0.05) is 30.3 Å². The number of nitrogens with zero attached hydrogens (tertiary/aromatic N) is 1. The normalized spacial score (nSPS) is 16.2. The molecule has 1 aliphatic rings. The fourth-order valence-electron chi connectivity index (χ4n) is 2.59. The standard InChI is InChI=1S/C16H26N2/c1-2-8-16(9-3-1)10-12-17-11-4-5-13-18-14-6-7-15-18/h1-3,8-9,17H,4-7,10-15H2. The van der Waals surface area contributed by atoms with Crippen molar-refractivity contribution < 1.29 is 0 Å². The zero-order valence-electron chi connectivity index (χ0n) is 11.4. The van der Waals surface area contributed by atoms with Crippen LogP contribution in [0.25, 0.3) is 0 Å². The van der Waals surface area contributed by atoms with Gasteiger partial charge < -0.3 is 10.2 Å². The minimum absolute atomic E-state index is 1.10. The van der Waals surface area contributed by atoms with Gasteiger partial charge >= 0.3 is 0 Å². The lowest BCUT2D eigenvalue weighted by atomic mass is 10.1. The van der Waals surface area contributed by atoms with Crippen molar-refractivity contribution in [2.45, 2.75) is 32.1 Å². The first-order valence-electron chi connectivity index (χ1n) is 7.42. The second kappa shape index (κ2) is 8.28. The Bertz CT molecular complexity index is 304. The van der Waals surface area contributed by atoms with Gasteiger partial charge in [-0.2, -0.15) is 0 Å². The Morgan fingerprint density at radius 2 is 1.72 bits per heavy atom. The first kappa shape index (κ1) is 13.6. The van der Waals surface area contributed by atoms with Gasteiger partial charge in [0.05, 0.1) is 0 Å². The van der Waals surface area contributed by atoms with Gasteiger partial charge in [0, 0.05) is 0 Å². The van der Waals surface area contributed by atoms with Gasteiger partial charge in [0.2, 0.25) is 0 Å². The van der Waals surface area contributed by atoms with E-state index in [1.807, 2.05) is 0 Å². The summed E-state index contributed by atoms with van der Waals surface area (Å²) in [7, 11) is 0. The van der Waals surface area contributed by atoms with E-state index in [9.17, 15) is 0 Å². The molecule has 0 spiro atoms. The van der Waals surface area contributed by atoms with Crippen LogP contribution in [-0.2, 0) is 6.42 Å². The highest BCUT2D eigenvalue weighted by Crippen LogP contribution is 2.07. The van der Waals surface area contributed by atoms with E-state index in [0.717, 1.165) is 13.0 Å². The second-order valence-corrected chi connectivity index (χ2v) is 5.24. The average molecular weight is 246 g/mol. The van der Waals surface area contributed by atoms with Crippen LogP contribution in [0, 0.1) is 0 Å². The highest BCUT2D eigenvalue weighted by molar-refractivity contribution is 5.14. The molecule has 1 N–H and O–H groups in total. The highest BCUT2D eigenvalue weighted by Gasteiger charge is 2.09. The Labute approximate surface area is 111 Å². The number of rotatable bonds is 8. The maximum absolute atomic E-state index is 3.54. The summed E-state index contributed by atoms with van der Waals surface area (Å²) >= 11 is 0. The monoisotopic (exact) mass is 246 g/mol. The van der Waals surface area contributed by atoms with E-state index in [2.05, 4.69) is 40.5 Å². The number of nitrogens with one attached hydrogen (secondary N) is 1. The molecule has 1 heterocycles. The van der Waals surface area contributed by atoms with Crippen molar-refractivity contribution in [1.29, 1.82) is 0 Å². The van der Waals surface area contributed by atoms with Crippen LogP contribution in [0.1, 0.15) is 31.2 Å². The van der Waals surface area contributed by atoms with Crippen molar-refractivity contribution in [3.8, 4) is 0 Å². The van der Waals surface area contributed by atoms with Gasteiger partial charge in [-0.3, -0.25) is 0 Å². The lowest BCUT2D eigenvalue weighted by Crippen LogP contribution is -2.23. The van der Waals surface area contributed by atoms with Gasteiger partial charge in [0.25, 0.3) is 0 Å². The van der Waals surface area contributed by atoms with E-state index in [0.29, 0.717) is 0 Å². The quantitative estimate of drug-likeness (QED) is 0.710. The van der Waals surface area contributed by atoms with E-state index in [1.54, 1.807) is 0 Å². The molecular weight excluding hydrogens is 220 g/mol. The number of likely N-dealkylation sites (tertiary alicyclic amines) is 1. The molecule has 0 unspecified atom stereocenters. The van der Waals surface area contributed by atoms with Crippen LogP contribution in [0.2, 0.25) is 0 Å². The van der Waals surface area contributed by atoms with Gasteiger partial charge in [0.15, 0.2) is 0 Å². The molecule has 0 bridgehead atoms. The maximum atomic E-state index is 3.54. The number of benzene rings is 1. The van der Waals surface area contributed by atoms with Crippen molar-refractivity contribution in [3.63, 3.8) is 0 Å². The van der Waals surface area contributed by atoms with Crippen molar-refractivity contribution in [3.05, 3.63) is 35.9 Å². The first-order valence-corrected chi connectivity index (χ1v) is 7.42. The molecule has 0 atom stereocenters.